The molecule has 6 heterocycles. The Morgan fingerprint density at radius 2 is 0.989 bits per heavy atom. The summed E-state index contributed by atoms with van der Waals surface area (Å²) in [5, 5.41) is 2.32. The summed E-state index contributed by atoms with van der Waals surface area (Å²) in [7, 11) is 23.3. The normalized spacial score (nSPS) is 10.3. The van der Waals surface area contributed by atoms with Crippen LogP contribution in [0.1, 0.15) is 24.4 Å². The molecule has 0 unspecified atom stereocenters. The predicted octanol–water partition coefficient (Wildman–Crippen LogP) is 9.60. The molecule has 8 aromatic rings. The van der Waals surface area contributed by atoms with Crippen molar-refractivity contribution in [3.8, 4) is 31.7 Å². The number of halogens is 3. The Kier molecular flexibility index (Phi) is 35.6. The van der Waals surface area contributed by atoms with Crippen molar-refractivity contribution in [3.05, 3.63) is 202 Å². The average Bonchev–Trinajstić information content (AvgIpc) is 2.41. The molecule has 0 saturated heterocycles. The van der Waals surface area contributed by atoms with Crippen molar-refractivity contribution in [2.24, 2.45) is 0 Å². The molecule has 6 aromatic heterocycles. The maximum atomic E-state index is 12.5. The lowest BCUT2D eigenvalue weighted by Crippen LogP contribution is -2.55. The van der Waals surface area contributed by atoms with Crippen LogP contribution in [0.25, 0.3) is 31.7 Å². The molecule has 443 valence electrons. The van der Waals surface area contributed by atoms with Crippen LogP contribution in [0.15, 0.2) is 198 Å². The van der Waals surface area contributed by atoms with Crippen LogP contribution >= 0.6 is 91.7 Å². The highest BCUT2D eigenvalue weighted by Crippen LogP contribution is 2.33. The smallest absolute Gasteiger partial charge is 0.242 e. The maximum Gasteiger partial charge on any atom is 0.270 e. The van der Waals surface area contributed by atoms with Gasteiger partial charge in [-0.2, -0.15) is 4.33 Å². The van der Waals surface area contributed by atoms with Gasteiger partial charge in [0.15, 0.2) is 5.16 Å². The van der Waals surface area contributed by atoms with Gasteiger partial charge >= 0.3 is 0 Å². The van der Waals surface area contributed by atoms with E-state index in [4.69, 9.17) is 76.9 Å². The van der Waals surface area contributed by atoms with E-state index in [9.17, 15) is 25.3 Å². The number of rotatable bonds is 21. The van der Waals surface area contributed by atoms with E-state index in [1.165, 1.54) is 43.3 Å². The first kappa shape index (κ1) is 78.1. The SMILES string of the molecule is C.C=C=C=C=C=C=C=C=C.COOSc1nccc(-c2ccc(S(=O)(=O)NCCc3ccc(Cl)cc3)s2)n1.CSc1nccc(-c2ccc(S(=O)(=O)Cl)s2)n1.Cc1nccc(-c2ccc(S(=O)(=O)NCCc3ccc(Cl)cc3)s2)n1.[B][B]B(B([B])[B])B([B])[B]. The summed E-state index contributed by atoms with van der Waals surface area (Å²) in [6.07, 6.45) is 6.46. The second-order valence-electron chi connectivity index (χ2n) is 16.7. The third-order valence-corrected chi connectivity index (χ3v) is 21.4. The summed E-state index contributed by atoms with van der Waals surface area (Å²) in [5.41, 5.74) is 21.0. The lowest BCUT2D eigenvalue weighted by atomic mass is 8.64. The van der Waals surface area contributed by atoms with Crippen LogP contribution in [0.2, 0.25) is 10.0 Å². The summed E-state index contributed by atoms with van der Waals surface area (Å²) >= 11 is 17.4. The van der Waals surface area contributed by atoms with E-state index in [0.717, 1.165) is 61.3 Å². The quantitative estimate of drug-likeness (QED) is 0.00999. The molecule has 2 N–H and O–H groups in total. The van der Waals surface area contributed by atoms with Crippen molar-refractivity contribution in [3.63, 3.8) is 0 Å². The van der Waals surface area contributed by atoms with Crippen molar-refractivity contribution in [1.29, 1.82) is 0 Å². The van der Waals surface area contributed by atoms with Gasteiger partial charge in [-0.25, -0.2) is 69.5 Å². The van der Waals surface area contributed by atoms with Gasteiger partial charge in [0.2, 0.25) is 25.2 Å². The first-order valence-corrected chi connectivity index (χ1v) is 35.3. The molecular weight excluding hydrogens is 1340 g/mol. The highest BCUT2D eigenvalue weighted by Gasteiger charge is 2.21. The van der Waals surface area contributed by atoms with Crippen LogP contribution in [0.4, 0.5) is 0 Å². The first-order valence-electron chi connectivity index (χ1n) is 24.9. The lowest BCUT2D eigenvalue weighted by Gasteiger charge is -2.17. The van der Waals surface area contributed by atoms with E-state index >= 15 is 0 Å². The average molecular weight is 1380 g/mol. The minimum absolute atomic E-state index is 0. The van der Waals surface area contributed by atoms with E-state index in [-0.39, 0.29) is 26.4 Å². The molecule has 11 radical (unpaired) electrons. The fraction of sp³-hybridized carbons (Fsp3) is 0.151. The molecule has 0 bridgehead atoms. The van der Waals surface area contributed by atoms with Crippen molar-refractivity contribution >= 4 is 186 Å². The van der Waals surface area contributed by atoms with Gasteiger partial charge in [-0.15, -0.1) is 34.0 Å². The molecule has 0 aliphatic rings. The van der Waals surface area contributed by atoms with Crippen LogP contribution in [0, 0.1) is 6.92 Å². The van der Waals surface area contributed by atoms with E-state index in [1.54, 1.807) is 98.3 Å². The summed E-state index contributed by atoms with van der Waals surface area (Å²) in [6, 6.07) is 29.7. The van der Waals surface area contributed by atoms with Crippen molar-refractivity contribution in [2.45, 2.75) is 50.1 Å². The minimum Gasteiger partial charge on any atom is -0.242 e. The Morgan fingerprint density at radius 1 is 0.596 bits per heavy atom. The van der Waals surface area contributed by atoms with E-state index < -0.39 is 41.9 Å². The molecular formula is C53H47B9Cl3N8O8S8. The number of nitrogens with one attached hydrogen (secondary N) is 2. The number of hydrogen-bond donors (Lipinski definition) is 2. The number of benzene rings is 2. The van der Waals surface area contributed by atoms with Gasteiger partial charge in [-0.3, -0.25) is 0 Å². The van der Waals surface area contributed by atoms with E-state index in [0.29, 0.717) is 68.4 Å². The van der Waals surface area contributed by atoms with Crippen molar-refractivity contribution in [2.75, 3.05) is 26.5 Å². The molecule has 0 saturated carbocycles. The number of sulfonamides is 2. The Morgan fingerprint density at radius 3 is 1.36 bits per heavy atom. The van der Waals surface area contributed by atoms with Crippen LogP contribution in [0.5, 0.6) is 0 Å². The number of thiophene rings is 3. The number of hydrogen-bond acceptors (Lipinski definition) is 19. The standard InChI is InChI=1S/C17H16ClN3O4S3.C17H16ClN3O2S2.C9H7ClN2O2S3.C9H4.CH4.B9/c1-24-25-27-17-19-10-9-14(21-17)15-6-7-16(26-15)28(22,23)20-11-8-12-2-4-13(18)5-3-12;1-12-19-10-9-15(21-12)16-6-7-17(24-16)25(22,23)20-11-8-13-2-4-14(18)5-3-13;1-15-9-11-5-4-6(12-9)7-2-3-8(16-7)17(10,13)14;1-3-5-7-9-8-6-4-2;;1-6-9(7(2)3)8(4)5/h2-7,9-10,20H,8,11H2,1H3;2-7,9-10,20H,8,11H2,1H3;2-5H,1H3;1-2H2;1H4;. The molecule has 0 fully saturated rings. The second kappa shape index (κ2) is 40.6. The van der Waals surface area contributed by atoms with Crippen LogP contribution in [-0.4, -0.2) is 147 Å². The molecule has 36 heteroatoms. The van der Waals surface area contributed by atoms with E-state index in [2.05, 4.69) is 97.5 Å². The number of nitrogens with zero attached hydrogens (tertiary/aromatic N) is 6. The van der Waals surface area contributed by atoms with Crippen molar-refractivity contribution < 1.29 is 34.5 Å². The third kappa shape index (κ3) is 28.5. The molecule has 16 nitrogen and oxygen atoms in total. The molecule has 0 aliphatic heterocycles. The van der Waals surface area contributed by atoms with Crippen LogP contribution in [-0.2, 0) is 51.2 Å². The first-order chi connectivity index (χ1) is 41.9. The van der Waals surface area contributed by atoms with Gasteiger partial charge < -0.3 is 0 Å². The monoisotopic (exact) mass is 1380 g/mol. The summed E-state index contributed by atoms with van der Waals surface area (Å²) in [4.78, 5) is 31.8. The largest absolute Gasteiger partial charge is 0.270 e. The fourth-order valence-corrected chi connectivity index (χ4v) is 14.1. The fourth-order valence-electron chi connectivity index (χ4n) is 6.34. The lowest BCUT2D eigenvalue weighted by molar-refractivity contribution is -0.160. The predicted molar refractivity (Wildman–Crippen MR) is 375 cm³/mol. The highest BCUT2D eigenvalue weighted by molar-refractivity contribution is 8.15. The Bertz CT molecular complexity index is 4140. The Labute approximate surface area is 564 Å². The van der Waals surface area contributed by atoms with Crippen LogP contribution < -0.4 is 9.44 Å². The topological polar surface area (TPSA) is 222 Å². The molecule has 0 amide bonds. The van der Waals surface area contributed by atoms with Gasteiger partial charge in [0, 0.05) is 117 Å². The minimum atomic E-state index is -3.66. The van der Waals surface area contributed by atoms with Gasteiger partial charge in [0.05, 0.1) is 38.8 Å². The molecule has 2 aromatic carbocycles. The zero-order valence-electron chi connectivity index (χ0n) is 46.8. The Balaban J connectivity index is 0.000000310. The zero-order chi connectivity index (χ0) is 64.7. The summed E-state index contributed by atoms with van der Waals surface area (Å²) in [6.45, 7) is 8.94. The number of thioether (sulfide) groups is 1. The zero-order valence-corrected chi connectivity index (χ0v) is 55.6. The van der Waals surface area contributed by atoms with Gasteiger partial charge in [-0.1, -0.05) is 78.1 Å². The van der Waals surface area contributed by atoms with E-state index in [1.807, 2.05) is 30.5 Å². The summed E-state index contributed by atoms with van der Waals surface area (Å²) in [5.74, 6) is 0.649. The maximum absolute atomic E-state index is 12.5. The van der Waals surface area contributed by atoms with Gasteiger partial charge in [0.1, 0.15) is 30.5 Å². The van der Waals surface area contributed by atoms with Crippen molar-refractivity contribution in [1.82, 2.24) is 39.3 Å². The summed E-state index contributed by atoms with van der Waals surface area (Å²) < 4.78 is 82.8. The molecule has 0 atom stereocenters. The van der Waals surface area contributed by atoms with Gasteiger partial charge in [0.25, 0.3) is 9.05 Å². The van der Waals surface area contributed by atoms with Gasteiger partial charge in [-0.05, 0) is 158 Å². The highest BCUT2D eigenvalue weighted by atomic mass is 35.7. The molecule has 8 rings (SSSR count). The second-order valence-corrected chi connectivity index (χ2v) is 29.1. The molecule has 89 heavy (non-hydrogen) atoms. The Hall–Kier alpha value is -5.18. The molecule has 0 spiro atoms. The number of aromatic nitrogens is 6. The number of aryl methyl sites for hydroxylation is 1. The molecule has 0 aliphatic carbocycles. The van der Waals surface area contributed by atoms with Crippen LogP contribution in [0.3, 0.4) is 0 Å². The third-order valence-electron chi connectivity index (χ3n) is 10.4.